The molecule has 0 heterocycles. The summed E-state index contributed by atoms with van der Waals surface area (Å²) in [6.07, 6.45) is -1.54. The number of hydrogen-bond acceptors (Lipinski definition) is 4. The fourth-order valence-electron chi connectivity index (χ4n) is 4.20. The van der Waals surface area contributed by atoms with Gasteiger partial charge in [0.1, 0.15) is 12.2 Å². The molecule has 4 heteroatoms. The monoisotopic (exact) mass is 368 g/mol. The van der Waals surface area contributed by atoms with Gasteiger partial charge in [-0.05, 0) is 27.3 Å². The van der Waals surface area contributed by atoms with E-state index in [2.05, 4.69) is 0 Å². The number of aliphatic hydroxyl groups excluding tert-OH is 2. The van der Waals surface area contributed by atoms with Gasteiger partial charge in [0, 0.05) is 16.5 Å². The average Bonchev–Trinajstić information content (AvgIpc) is 3.13. The van der Waals surface area contributed by atoms with E-state index >= 15 is 0 Å². The number of benzene rings is 4. The summed E-state index contributed by atoms with van der Waals surface area (Å²) in [5.74, 6) is -0.756. The Labute approximate surface area is 160 Å². The van der Waals surface area contributed by atoms with Crippen molar-refractivity contribution in [3.63, 3.8) is 0 Å². The molecule has 0 amide bonds. The summed E-state index contributed by atoms with van der Waals surface area (Å²) in [7, 11) is 0. The zero-order valence-electron chi connectivity index (χ0n) is 14.8. The molecule has 6 rings (SSSR count). The number of Topliss-reactive ketones (excluding diaryl/α,β-unsaturated/α-hetero) is 2. The number of carbonyl (C=O) groups excluding carboxylic acids is 2. The quantitative estimate of drug-likeness (QED) is 0.458. The van der Waals surface area contributed by atoms with E-state index in [4.69, 9.17) is 0 Å². The highest BCUT2D eigenvalue weighted by atomic mass is 16.3. The Hall–Kier alpha value is -3.34. The summed E-state index contributed by atoms with van der Waals surface area (Å²) in [5, 5.41) is 23.4. The maximum atomic E-state index is 11.5. The van der Waals surface area contributed by atoms with Crippen molar-refractivity contribution in [1.29, 1.82) is 0 Å². The van der Waals surface area contributed by atoms with Crippen LogP contribution in [-0.2, 0) is 0 Å². The Kier molecular flexibility index (Phi) is 3.66. The standard InChI is InChI=1S/C12H10O2.C12H6O2/c2*13-11-8-5-1-3-7-4-2-6-9(10(7)8)12(11)14/h1-6,11-14H;1-6H. The van der Waals surface area contributed by atoms with Crippen LogP contribution in [0.25, 0.3) is 21.5 Å². The van der Waals surface area contributed by atoms with Gasteiger partial charge in [0.2, 0.25) is 11.6 Å². The molecule has 136 valence electrons. The first-order valence-corrected chi connectivity index (χ1v) is 9.06. The summed E-state index contributed by atoms with van der Waals surface area (Å²) >= 11 is 0. The summed E-state index contributed by atoms with van der Waals surface area (Å²) < 4.78 is 0. The number of hydrogen-bond donors (Lipinski definition) is 2. The third-order valence-electron chi connectivity index (χ3n) is 5.51. The highest BCUT2D eigenvalue weighted by molar-refractivity contribution is 6.57. The van der Waals surface area contributed by atoms with E-state index in [1.54, 1.807) is 24.3 Å². The molecule has 2 N–H and O–H groups in total. The molecule has 0 saturated carbocycles. The summed E-state index contributed by atoms with van der Waals surface area (Å²) in [4.78, 5) is 23.1. The smallest absolute Gasteiger partial charge is 0.234 e. The predicted octanol–water partition coefficient (Wildman–Crippen LogP) is 4.14. The van der Waals surface area contributed by atoms with Crippen LogP contribution in [0.3, 0.4) is 0 Å². The SMILES string of the molecule is O=C1C(=O)c2cccc3cccc1c23.OC1c2cccc3cccc(c23)C1O. The van der Waals surface area contributed by atoms with E-state index in [-0.39, 0.29) is 11.6 Å². The van der Waals surface area contributed by atoms with Crippen LogP contribution >= 0.6 is 0 Å². The molecule has 2 aliphatic rings. The van der Waals surface area contributed by atoms with Crippen LogP contribution in [0.2, 0.25) is 0 Å². The van der Waals surface area contributed by atoms with Crippen LogP contribution in [-0.4, -0.2) is 21.8 Å². The molecule has 2 unspecified atom stereocenters. The molecule has 0 aromatic heterocycles. The maximum Gasteiger partial charge on any atom is 0.234 e. The van der Waals surface area contributed by atoms with Crippen LogP contribution in [0, 0.1) is 0 Å². The molecular formula is C24H16O4. The van der Waals surface area contributed by atoms with Gasteiger partial charge in [-0.2, -0.15) is 0 Å². The molecule has 0 fully saturated rings. The Morgan fingerprint density at radius 3 is 1.39 bits per heavy atom. The van der Waals surface area contributed by atoms with Gasteiger partial charge in [0.25, 0.3) is 0 Å². The number of ketones is 2. The van der Waals surface area contributed by atoms with E-state index in [1.165, 1.54) is 0 Å². The molecule has 4 nitrogen and oxygen atoms in total. The van der Waals surface area contributed by atoms with Gasteiger partial charge >= 0.3 is 0 Å². The van der Waals surface area contributed by atoms with Gasteiger partial charge in [0.05, 0.1) is 0 Å². The third-order valence-corrected chi connectivity index (χ3v) is 5.51. The molecule has 0 bridgehead atoms. The summed E-state index contributed by atoms with van der Waals surface area (Å²) in [6, 6.07) is 22.4. The molecule has 28 heavy (non-hydrogen) atoms. The molecule has 0 spiro atoms. The Morgan fingerprint density at radius 1 is 0.536 bits per heavy atom. The van der Waals surface area contributed by atoms with Crippen molar-refractivity contribution < 1.29 is 19.8 Å². The van der Waals surface area contributed by atoms with Crippen molar-refractivity contribution in [2.24, 2.45) is 0 Å². The van der Waals surface area contributed by atoms with Crippen molar-refractivity contribution in [3.8, 4) is 0 Å². The highest BCUT2D eigenvalue weighted by Gasteiger charge is 2.31. The van der Waals surface area contributed by atoms with Gasteiger partial charge in [0.15, 0.2) is 0 Å². The van der Waals surface area contributed by atoms with Crippen molar-refractivity contribution in [2.75, 3.05) is 0 Å². The van der Waals surface area contributed by atoms with E-state index in [0.29, 0.717) is 11.1 Å². The average molecular weight is 368 g/mol. The van der Waals surface area contributed by atoms with Gasteiger partial charge in [-0.1, -0.05) is 72.8 Å². The van der Waals surface area contributed by atoms with E-state index in [9.17, 15) is 19.8 Å². The fraction of sp³-hybridized carbons (Fsp3) is 0.0833. The van der Waals surface area contributed by atoms with Gasteiger partial charge in [-0.15, -0.1) is 0 Å². The molecule has 0 saturated heterocycles. The first kappa shape index (κ1) is 16.8. The Bertz CT molecular complexity index is 1200. The van der Waals surface area contributed by atoms with Gasteiger partial charge in [-0.25, -0.2) is 0 Å². The second-order valence-corrected chi connectivity index (χ2v) is 7.05. The zero-order valence-corrected chi connectivity index (χ0v) is 14.8. The minimum atomic E-state index is -0.768. The van der Waals surface area contributed by atoms with Crippen molar-refractivity contribution >= 4 is 33.1 Å². The van der Waals surface area contributed by atoms with Crippen molar-refractivity contribution in [3.05, 3.63) is 95.1 Å². The molecule has 0 aliphatic heterocycles. The second-order valence-electron chi connectivity index (χ2n) is 7.05. The van der Waals surface area contributed by atoms with Crippen molar-refractivity contribution in [2.45, 2.75) is 12.2 Å². The Balaban J connectivity index is 0.000000122. The number of aliphatic hydroxyl groups is 2. The van der Waals surface area contributed by atoms with Crippen LogP contribution in [0.4, 0.5) is 0 Å². The third kappa shape index (κ3) is 2.26. The highest BCUT2D eigenvalue weighted by Crippen LogP contribution is 2.43. The lowest BCUT2D eigenvalue weighted by atomic mass is 10.1. The van der Waals surface area contributed by atoms with E-state index in [1.807, 2.05) is 48.5 Å². The maximum absolute atomic E-state index is 11.5. The van der Waals surface area contributed by atoms with Crippen LogP contribution in [0.5, 0.6) is 0 Å². The van der Waals surface area contributed by atoms with Crippen LogP contribution < -0.4 is 0 Å². The zero-order chi connectivity index (χ0) is 19.4. The normalized spacial score (nSPS) is 19.2. The summed E-state index contributed by atoms with van der Waals surface area (Å²) in [6.45, 7) is 0. The van der Waals surface area contributed by atoms with Gasteiger partial charge < -0.3 is 10.2 Å². The number of carbonyl (C=O) groups is 2. The van der Waals surface area contributed by atoms with E-state index in [0.717, 1.165) is 32.7 Å². The first-order chi connectivity index (χ1) is 13.6. The minimum Gasteiger partial charge on any atom is -0.385 e. The lowest BCUT2D eigenvalue weighted by Gasteiger charge is -2.08. The predicted molar refractivity (Wildman–Crippen MR) is 106 cm³/mol. The molecule has 4 aromatic carbocycles. The second kappa shape index (κ2) is 6.09. The Morgan fingerprint density at radius 2 is 0.929 bits per heavy atom. The first-order valence-electron chi connectivity index (χ1n) is 9.06. The lowest BCUT2D eigenvalue weighted by Crippen LogP contribution is -2.05. The molecule has 2 atom stereocenters. The lowest BCUT2D eigenvalue weighted by molar-refractivity contribution is 0.0253. The van der Waals surface area contributed by atoms with Gasteiger partial charge in [-0.3, -0.25) is 9.59 Å². The largest absolute Gasteiger partial charge is 0.385 e. The fourth-order valence-corrected chi connectivity index (χ4v) is 4.20. The molecule has 0 radical (unpaired) electrons. The topological polar surface area (TPSA) is 74.6 Å². The minimum absolute atomic E-state index is 0.378. The molecule has 4 aromatic rings. The van der Waals surface area contributed by atoms with Crippen LogP contribution in [0.15, 0.2) is 72.8 Å². The van der Waals surface area contributed by atoms with E-state index < -0.39 is 12.2 Å². The van der Waals surface area contributed by atoms with Crippen molar-refractivity contribution in [1.82, 2.24) is 0 Å². The van der Waals surface area contributed by atoms with Crippen LogP contribution in [0.1, 0.15) is 44.1 Å². The molecule has 2 aliphatic carbocycles. The summed E-state index contributed by atoms with van der Waals surface area (Å²) in [5.41, 5.74) is 2.77. The number of rotatable bonds is 0. The molecular weight excluding hydrogens is 352 g/mol.